The van der Waals surface area contributed by atoms with Crippen molar-refractivity contribution in [2.75, 3.05) is 0 Å². The van der Waals surface area contributed by atoms with Crippen molar-refractivity contribution in [2.45, 2.75) is 57.9 Å². The maximum absolute atomic E-state index is 12.6. The maximum atomic E-state index is 12.6. The van der Waals surface area contributed by atoms with E-state index in [-0.39, 0.29) is 23.2 Å². The van der Waals surface area contributed by atoms with Gasteiger partial charge in [-0.05, 0) is 31.7 Å². The first-order valence-corrected chi connectivity index (χ1v) is 7.88. The van der Waals surface area contributed by atoms with E-state index in [1.807, 2.05) is 44.2 Å². The van der Waals surface area contributed by atoms with Crippen LogP contribution < -0.4 is 5.32 Å². The van der Waals surface area contributed by atoms with Gasteiger partial charge in [-0.3, -0.25) is 4.79 Å². The molecule has 2 nitrogen and oxygen atoms in total. The summed E-state index contributed by atoms with van der Waals surface area (Å²) >= 11 is 5.99. The van der Waals surface area contributed by atoms with Crippen molar-refractivity contribution in [3.05, 3.63) is 35.9 Å². The second kappa shape index (κ2) is 8.31. The van der Waals surface area contributed by atoms with Crippen molar-refractivity contribution in [2.24, 2.45) is 5.92 Å². The molecule has 0 spiro atoms. The Bertz CT molecular complexity index is 405. The van der Waals surface area contributed by atoms with E-state index >= 15 is 0 Å². The molecule has 4 unspecified atom stereocenters. The maximum Gasteiger partial charge on any atom is 0.228 e. The van der Waals surface area contributed by atoms with E-state index in [4.69, 9.17) is 11.6 Å². The van der Waals surface area contributed by atoms with Crippen molar-refractivity contribution >= 4 is 17.5 Å². The van der Waals surface area contributed by atoms with Gasteiger partial charge in [0.25, 0.3) is 0 Å². The van der Waals surface area contributed by atoms with Gasteiger partial charge >= 0.3 is 0 Å². The summed E-state index contributed by atoms with van der Waals surface area (Å²) in [4.78, 5) is 12.6. The highest BCUT2D eigenvalue weighted by Gasteiger charge is 2.26. The SMILES string of the molecule is CCC(C)C(C(=O)NC(C)CC(C)Cl)c1ccccc1. The third kappa shape index (κ3) is 5.16. The van der Waals surface area contributed by atoms with E-state index in [0.29, 0.717) is 5.92 Å². The van der Waals surface area contributed by atoms with Gasteiger partial charge in [-0.25, -0.2) is 0 Å². The molecule has 1 N–H and O–H groups in total. The van der Waals surface area contributed by atoms with Crippen molar-refractivity contribution < 1.29 is 4.79 Å². The second-order valence-corrected chi connectivity index (χ2v) is 6.45. The number of nitrogens with one attached hydrogen (secondary N) is 1. The van der Waals surface area contributed by atoms with E-state index in [1.165, 1.54) is 0 Å². The van der Waals surface area contributed by atoms with Gasteiger partial charge in [0.15, 0.2) is 0 Å². The fourth-order valence-corrected chi connectivity index (χ4v) is 2.78. The molecule has 0 saturated carbocycles. The molecule has 1 amide bonds. The van der Waals surface area contributed by atoms with Crippen LogP contribution >= 0.6 is 11.6 Å². The Balaban J connectivity index is 2.81. The molecule has 1 rings (SSSR count). The van der Waals surface area contributed by atoms with E-state index in [0.717, 1.165) is 18.4 Å². The molecule has 0 aromatic heterocycles. The second-order valence-electron chi connectivity index (χ2n) is 5.70. The standard InChI is InChI=1S/C17H26ClNO/c1-5-12(2)16(15-9-7-6-8-10-15)17(20)19-14(4)11-13(3)18/h6-10,12-14,16H,5,11H2,1-4H3,(H,19,20). The number of amides is 1. The number of alkyl halides is 1. The lowest BCUT2D eigenvalue weighted by Gasteiger charge is -2.25. The molecule has 0 fully saturated rings. The summed E-state index contributed by atoms with van der Waals surface area (Å²) in [6, 6.07) is 10.1. The first-order valence-electron chi connectivity index (χ1n) is 7.45. The Morgan fingerprint density at radius 2 is 1.80 bits per heavy atom. The molecule has 0 aliphatic carbocycles. The van der Waals surface area contributed by atoms with E-state index in [9.17, 15) is 4.79 Å². The molecule has 0 radical (unpaired) electrons. The number of hydrogen-bond acceptors (Lipinski definition) is 1. The predicted octanol–water partition coefficient (Wildman–Crippen LogP) is 4.34. The summed E-state index contributed by atoms with van der Waals surface area (Å²) in [6.07, 6.45) is 1.77. The summed E-state index contributed by atoms with van der Waals surface area (Å²) in [6.45, 7) is 8.22. The fraction of sp³-hybridized carbons (Fsp3) is 0.588. The summed E-state index contributed by atoms with van der Waals surface area (Å²) in [7, 11) is 0. The van der Waals surface area contributed by atoms with Gasteiger partial charge < -0.3 is 5.32 Å². The van der Waals surface area contributed by atoms with Gasteiger partial charge in [0.1, 0.15) is 0 Å². The molecular weight excluding hydrogens is 270 g/mol. The third-order valence-corrected chi connectivity index (χ3v) is 3.90. The molecule has 1 aromatic carbocycles. The number of benzene rings is 1. The molecule has 112 valence electrons. The lowest BCUT2D eigenvalue weighted by molar-refractivity contribution is -0.124. The highest BCUT2D eigenvalue weighted by atomic mass is 35.5. The zero-order valence-corrected chi connectivity index (χ0v) is 13.7. The lowest BCUT2D eigenvalue weighted by atomic mass is 9.84. The zero-order valence-electron chi connectivity index (χ0n) is 12.9. The minimum absolute atomic E-state index is 0.0732. The molecule has 0 saturated heterocycles. The monoisotopic (exact) mass is 295 g/mol. The van der Waals surface area contributed by atoms with Crippen LogP contribution in [0.25, 0.3) is 0 Å². The fourth-order valence-electron chi connectivity index (χ4n) is 2.51. The van der Waals surface area contributed by atoms with Gasteiger partial charge in [-0.15, -0.1) is 11.6 Å². The first-order chi connectivity index (χ1) is 9.45. The molecule has 0 heterocycles. The summed E-state index contributed by atoms with van der Waals surface area (Å²) in [5.74, 6) is 0.336. The number of rotatable bonds is 7. The van der Waals surface area contributed by atoms with Gasteiger partial charge in [0.2, 0.25) is 5.91 Å². The highest BCUT2D eigenvalue weighted by Crippen LogP contribution is 2.27. The molecule has 4 atom stereocenters. The Morgan fingerprint density at radius 3 is 2.30 bits per heavy atom. The van der Waals surface area contributed by atoms with Gasteiger partial charge in [0, 0.05) is 11.4 Å². The van der Waals surface area contributed by atoms with Crippen LogP contribution in [0.3, 0.4) is 0 Å². The summed E-state index contributed by atoms with van der Waals surface area (Å²) in [5, 5.41) is 3.17. The van der Waals surface area contributed by atoms with E-state index in [2.05, 4.69) is 19.2 Å². The number of carbonyl (C=O) groups is 1. The van der Waals surface area contributed by atoms with E-state index in [1.54, 1.807) is 0 Å². The number of hydrogen-bond donors (Lipinski definition) is 1. The molecule has 3 heteroatoms. The van der Waals surface area contributed by atoms with Crippen LogP contribution in [0.15, 0.2) is 30.3 Å². The zero-order chi connectivity index (χ0) is 15.1. The molecule has 1 aromatic rings. The van der Waals surface area contributed by atoms with Crippen molar-refractivity contribution in [3.63, 3.8) is 0 Å². The molecule has 20 heavy (non-hydrogen) atoms. The minimum Gasteiger partial charge on any atom is -0.353 e. The quantitative estimate of drug-likeness (QED) is 0.745. The molecular formula is C17H26ClNO. The summed E-state index contributed by atoms with van der Waals surface area (Å²) in [5.41, 5.74) is 1.09. The van der Waals surface area contributed by atoms with E-state index < -0.39 is 0 Å². The number of carbonyl (C=O) groups excluding carboxylic acids is 1. The van der Waals surface area contributed by atoms with Crippen LogP contribution in [0, 0.1) is 5.92 Å². The van der Waals surface area contributed by atoms with Gasteiger partial charge in [-0.2, -0.15) is 0 Å². The first kappa shape index (κ1) is 17.0. The summed E-state index contributed by atoms with van der Waals surface area (Å²) < 4.78 is 0. The van der Waals surface area contributed by atoms with Crippen molar-refractivity contribution in [1.82, 2.24) is 5.32 Å². The smallest absolute Gasteiger partial charge is 0.228 e. The van der Waals surface area contributed by atoms with Gasteiger partial charge in [0.05, 0.1) is 5.92 Å². The van der Waals surface area contributed by atoms with Crippen LogP contribution in [0.5, 0.6) is 0 Å². The topological polar surface area (TPSA) is 29.1 Å². The molecule has 0 aliphatic heterocycles. The minimum atomic E-state index is -0.0886. The number of halogens is 1. The Hall–Kier alpha value is -1.02. The predicted molar refractivity (Wildman–Crippen MR) is 86.2 cm³/mol. The average Bonchev–Trinajstić information content (AvgIpc) is 2.38. The van der Waals surface area contributed by atoms with Gasteiger partial charge in [-0.1, -0.05) is 50.6 Å². The average molecular weight is 296 g/mol. The van der Waals surface area contributed by atoms with Crippen LogP contribution in [-0.4, -0.2) is 17.3 Å². The Kier molecular flexibility index (Phi) is 7.08. The van der Waals surface area contributed by atoms with Crippen LogP contribution in [-0.2, 0) is 4.79 Å². The Labute approximate surface area is 127 Å². The van der Waals surface area contributed by atoms with Crippen molar-refractivity contribution in [3.8, 4) is 0 Å². The molecule has 0 bridgehead atoms. The van der Waals surface area contributed by atoms with Crippen LogP contribution in [0.4, 0.5) is 0 Å². The van der Waals surface area contributed by atoms with Crippen LogP contribution in [0.1, 0.15) is 52.0 Å². The largest absolute Gasteiger partial charge is 0.353 e. The highest BCUT2D eigenvalue weighted by molar-refractivity contribution is 6.20. The third-order valence-electron chi connectivity index (χ3n) is 3.72. The molecule has 0 aliphatic rings. The van der Waals surface area contributed by atoms with Crippen LogP contribution in [0.2, 0.25) is 0 Å². The normalized spacial score (nSPS) is 17.1. The lowest BCUT2D eigenvalue weighted by Crippen LogP contribution is -2.39. The Morgan fingerprint density at radius 1 is 1.20 bits per heavy atom. The van der Waals surface area contributed by atoms with Crippen molar-refractivity contribution in [1.29, 1.82) is 0 Å².